The highest BCUT2D eigenvalue weighted by molar-refractivity contribution is 7.79. The quantitative estimate of drug-likeness (QED) is 0.494. The Hall–Kier alpha value is -1.99. The molecule has 1 aliphatic carbocycles. The minimum atomic E-state index is -1.31. The van der Waals surface area contributed by atoms with Crippen molar-refractivity contribution in [3.63, 3.8) is 0 Å². The Kier molecular flexibility index (Phi) is 11.0. The van der Waals surface area contributed by atoms with Crippen molar-refractivity contribution in [2.45, 2.75) is 33.5 Å². The van der Waals surface area contributed by atoms with Crippen LogP contribution in [0.3, 0.4) is 0 Å². The van der Waals surface area contributed by atoms with E-state index in [2.05, 4.69) is 12.6 Å². The van der Waals surface area contributed by atoms with E-state index >= 15 is 0 Å². The molecule has 3 atom stereocenters. The molecule has 2 aromatic rings. The van der Waals surface area contributed by atoms with Gasteiger partial charge >= 0.3 is 0 Å². The van der Waals surface area contributed by atoms with Gasteiger partial charge in [-0.25, -0.2) is 13.2 Å². The summed E-state index contributed by atoms with van der Waals surface area (Å²) in [5, 5.41) is 0. The largest absolute Gasteiger partial charge is 0.326 e. The molecule has 30 heavy (non-hydrogen) atoms. The van der Waals surface area contributed by atoms with Crippen LogP contribution in [0.5, 0.6) is 0 Å². The van der Waals surface area contributed by atoms with Gasteiger partial charge in [0.05, 0.1) is 5.56 Å². The lowest BCUT2D eigenvalue weighted by molar-refractivity contribution is -0.138. The number of halogens is 3. The lowest BCUT2D eigenvalue weighted by Crippen LogP contribution is -2.42. The molecule has 2 N–H and O–H groups in total. The molecule has 1 saturated carbocycles. The number of thiol groups is 1. The van der Waals surface area contributed by atoms with Gasteiger partial charge in [-0.3, -0.25) is 4.79 Å². The molecule has 0 aromatic heterocycles. The summed E-state index contributed by atoms with van der Waals surface area (Å²) >= 11 is 3.53. The van der Waals surface area contributed by atoms with Gasteiger partial charge in [0.25, 0.3) is 0 Å². The number of carbonyl (C=O) groups excluding carboxylic acids is 1. The molecule has 166 valence electrons. The van der Waals surface area contributed by atoms with Crippen LogP contribution in [0.25, 0.3) is 11.1 Å². The first-order valence-corrected chi connectivity index (χ1v) is 10.8. The maximum Gasteiger partial charge on any atom is 0.228 e. The molecule has 0 spiro atoms. The van der Waals surface area contributed by atoms with Crippen molar-refractivity contribution >= 4 is 18.5 Å². The highest BCUT2D eigenvalue weighted by Gasteiger charge is 2.42. The summed E-state index contributed by atoms with van der Waals surface area (Å²) in [5.41, 5.74) is 6.77. The van der Waals surface area contributed by atoms with Crippen LogP contribution in [-0.2, 0) is 4.79 Å². The number of hydrogen-bond donors (Lipinski definition) is 2. The zero-order valence-electron chi connectivity index (χ0n) is 17.9. The Balaban J connectivity index is 0.000000280. The predicted octanol–water partition coefficient (Wildman–Crippen LogP) is 5.23. The van der Waals surface area contributed by atoms with E-state index in [1.807, 2.05) is 19.9 Å². The fraction of sp³-hybridized carbons (Fsp3) is 0.435. The molecule has 1 aliphatic rings. The van der Waals surface area contributed by atoms with Crippen molar-refractivity contribution < 1.29 is 18.0 Å². The number of nitrogens with two attached hydrogens (primary N) is 1. The molecule has 1 amide bonds. The zero-order valence-corrected chi connectivity index (χ0v) is 18.8. The van der Waals surface area contributed by atoms with Crippen LogP contribution in [-0.4, -0.2) is 36.4 Å². The van der Waals surface area contributed by atoms with Gasteiger partial charge < -0.3 is 10.6 Å². The molecule has 0 heterocycles. The predicted molar refractivity (Wildman–Crippen MR) is 120 cm³/mol. The molecule has 2 aromatic carbocycles. The van der Waals surface area contributed by atoms with E-state index in [4.69, 9.17) is 5.73 Å². The second-order valence-electron chi connectivity index (χ2n) is 7.08. The standard InChI is InChI=1S/C13H10F2.C9H17FN2O.CH4S/c1-9-4-2-5-10(8-9)13-11(14)6-3-7-12(13)15;1-3-12(8(10)5-11)9(13)7-4-6(7)2;1-2/h2-8H,1H3;6-8H,3-5,11H2,1-2H3;2H,1H3/t;6-,7+,8+;/m.0./s1. The monoisotopic (exact) mass is 440 g/mol. The summed E-state index contributed by atoms with van der Waals surface area (Å²) in [6, 6.07) is 11.0. The van der Waals surface area contributed by atoms with Crippen molar-refractivity contribution in [2.24, 2.45) is 17.6 Å². The second-order valence-corrected chi connectivity index (χ2v) is 7.08. The first kappa shape index (κ1) is 26.0. The van der Waals surface area contributed by atoms with Crippen molar-refractivity contribution in [1.29, 1.82) is 0 Å². The van der Waals surface area contributed by atoms with Crippen molar-refractivity contribution in [3.05, 3.63) is 59.7 Å². The molecule has 7 heteroatoms. The van der Waals surface area contributed by atoms with Crippen molar-refractivity contribution in [1.82, 2.24) is 4.90 Å². The van der Waals surface area contributed by atoms with Crippen LogP contribution in [0.15, 0.2) is 42.5 Å². The first-order valence-electron chi connectivity index (χ1n) is 9.90. The number of rotatable bonds is 5. The number of benzene rings is 2. The topological polar surface area (TPSA) is 46.3 Å². The number of hydrogen-bond acceptors (Lipinski definition) is 3. The number of nitrogens with zero attached hydrogens (tertiary/aromatic N) is 1. The van der Waals surface area contributed by atoms with E-state index in [0.717, 1.165) is 12.0 Å². The second kappa shape index (κ2) is 12.6. The Bertz CT molecular complexity index is 799. The third-order valence-corrected chi connectivity index (χ3v) is 4.85. The van der Waals surface area contributed by atoms with Crippen LogP contribution < -0.4 is 5.73 Å². The smallest absolute Gasteiger partial charge is 0.228 e. The third-order valence-electron chi connectivity index (χ3n) is 4.85. The molecule has 0 bridgehead atoms. The highest BCUT2D eigenvalue weighted by Crippen LogP contribution is 2.39. The molecule has 0 unspecified atom stereocenters. The van der Waals surface area contributed by atoms with Crippen LogP contribution in [0.4, 0.5) is 13.2 Å². The van der Waals surface area contributed by atoms with E-state index in [1.165, 1.54) is 23.1 Å². The van der Waals surface area contributed by atoms with Crippen LogP contribution in [0.1, 0.15) is 25.8 Å². The number of carbonyl (C=O) groups is 1. The number of amides is 1. The zero-order chi connectivity index (χ0) is 22.8. The first-order chi connectivity index (χ1) is 14.3. The molecule has 3 nitrogen and oxygen atoms in total. The van der Waals surface area contributed by atoms with Gasteiger partial charge in [0.15, 0.2) is 6.30 Å². The van der Waals surface area contributed by atoms with Crippen LogP contribution >= 0.6 is 12.6 Å². The Morgan fingerprint density at radius 1 is 1.20 bits per heavy atom. The van der Waals surface area contributed by atoms with E-state index in [0.29, 0.717) is 18.0 Å². The lowest BCUT2D eigenvalue weighted by atomic mass is 10.0. The summed E-state index contributed by atoms with van der Waals surface area (Å²) in [6.45, 7) is 5.96. The molecule has 3 rings (SSSR count). The van der Waals surface area contributed by atoms with Gasteiger partial charge in [-0.15, -0.1) is 0 Å². The summed E-state index contributed by atoms with van der Waals surface area (Å²) < 4.78 is 40.0. The van der Waals surface area contributed by atoms with E-state index in [-0.39, 0.29) is 23.9 Å². The average molecular weight is 441 g/mol. The Labute approximate surface area is 182 Å². The maximum absolute atomic E-state index is 13.4. The fourth-order valence-corrected chi connectivity index (χ4v) is 3.07. The number of likely N-dealkylation sites (N-methyl/N-ethyl adjacent to an activating group) is 1. The molecular formula is C23H31F3N2OS. The van der Waals surface area contributed by atoms with Gasteiger partial charge in [0, 0.05) is 19.0 Å². The minimum absolute atomic E-state index is 0.0428. The molecule has 0 saturated heterocycles. The van der Waals surface area contributed by atoms with Crippen molar-refractivity contribution in [3.8, 4) is 11.1 Å². The number of alkyl halides is 1. The van der Waals surface area contributed by atoms with Gasteiger partial charge in [-0.2, -0.15) is 12.6 Å². The molecule has 0 aliphatic heterocycles. The summed E-state index contributed by atoms with van der Waals surface area (Å²) in [4.78, 5) is 12.8. The van der Waals surface area contributed by atoms with Crippen molar-refractivity contribution in [2.75, 3.05) is 19.3 Å². The van der Waals surface area contributed by atoms with Crippen LogP contribution in [0.2, 0.25) is 0 Å². The fourth-order valence-electron chi connectivity index (χ4n) is 3.07. The van der Waals surface area contributed by atoms with Gasteiger partial charge in [-0.05, 0) is 50.1 Å². The Morgan fingerprint density at radius 2 is 1.73 bits per heavy atom. The SMILES string of the molecule is CCN(C(=O)[C@@H]1C[C@@H]1C)[C@@H](F)CN.CS.Cc1cccc(-c2c(F)cccc2F)c1. The summed E-state index contributed by atoms with van der Waals surface area (Å²) in [6.07, 6.45) is 1.28. The summed E-state index contributed by atoms with van der Waals surface area (Å²) in [5.74, 6) is -0.662. The normalized spacial score (nSPS) is 17.6. The van der Waals surface area contributed by atoms with E-state index < -0.39 is 17.9 Å². The van der Waals surface area contributed by atoms with E-state index in [9.17, 15) is 18.0 Å². The lowest BCUT2D eigenvalue weighted by Gasteiger charge is -2.24. The summed E-state index contributed by atoms with van der Waals surface area (Å²) in [7, 11) is 0. The Morgan fingerprint density at radius 3 is 2.17 bits per heavy atom. The van der Waals surface area contributed by atoms with Gasteiger partial charge in [0.1, 0.15) is 11.6 Å². The third kappa shape index (κ3) is 7.06. The van der Waals surface area contributed by atoms with E-state index in [1.54, 1.807) is 31.4 Å². The molecule has 0 radical (unpaired) electrons. The molecule has 1 fully saturated rings. The molecular weight excluding hydrogens is 409 g/mol. The van der Waals surface area contributed by atoms with Crippen LogP contribution in [0, 0.1) is 30.4 Å². The average Bonchev–Trinajstić information content (AvgIpc) is 3.47. The van der Waals surface area contributed by atoms with Gasteiger partial charge in [-0.1, -0.05) is 42.8 Å². The highest BCUT2D eigenvalue weighted by atomic mass is 32.1. The maximum atomic E-state index is 13.4. The minimum Gasteiger partial charge on any atom is -0.326 e. The van der Waals surface area contributed by atoms with Gasteiger partial charge in [0.2, 0.25) is 5.91 Å². The number of aryl methyl sites for hydroxylation is 1.